The van der Waals surface area contributed by atoms with Crippen molar-refractivity contribution in [2.75, 3.05) is 0 Å². The molecular formula is C22H18N2O2. The van der Waals surface area contributed by atoms with Crippen LogP contribution >= 0.6 is 0 Å². The first-order chi connectivity index (χ1) is 12.8. The molecule has 0 aliphatic carbocycles. The Balaban J connectivity index is 1.58. The number of hydrogen-bond donors (Lipinski definition) is 0. The summed E-state index contributed by atoms with van der Waals surface area (Å²) in [4.78, 5) is 0. The quantitative estimate of drug-likeness (QED) is 0.392. The van der Waals surface area contributed by atoms with E-state index in [-0.39, 0.29) is 0 Å². The van der Waals surface area contributed by atoms with Gasteiger partial charge >= 0.3 is 0 Å². The van der Waals surface area contributed by atoms with Crippen LogP contribution in [0.25, 0.3) is 11.3 Å². The molecule has 0 bridgehead atoms. The second-order valence-corrected chi connectivity index (χ2v) is 6.05. The molecule has 128 valence electrons. The molecule has 4 rings (SSSR count). The summed E-state index contributed by atoms with van der Waals surface area (Å²) in [6, 6.07) is 25.1. The molecule has 2 heterocycles. The molecule has 4 aromatic rings. The highest BCUT2D eigenvalue weighted by atomic mass is 16.5. The molecule has 0 atom stereocenters. The lowest BCUT2D eigenvalue weighted by Gasteiger charge is -2.08. The van der Waals surface area contributed by atoms with E-state index in [9.17, 15) is 5.21 Å². The van der Waals surface area contributed by atoms with E-state index in [4.69, 9.17) is 4.74 Å². The minimum absolute atomic E-state index is 0.560. The lowest BCUT2D eigenvalue weighted by atomic mass is 10.2. The Morgan fingerprint density at radius 1 is 0.846 bits per heavy atom. The van der Waals surface area contributed by atoms with Gasteiger partial charge in [0, 0.05) is 25.0 Å². The van der Waals surface area contributed by atoms with Crippen molar-refractivity contribution in [3.63, 3.8) is 0 Å². The number of benzene rings is 2. The molecule has 4 heteroatoms. The molecule has 26 heavy (non-hydrogen) atoms. The van der Waals surface area contributed by atoms with Gasteiger partial charge in [0.05, 0.1) is 11.6 Å². The molecule has 0 aliphatic rings. The number of nitrogens with zero attached hydrogens (tertiary/aromatic N) is 2. The smallest absolute Gasteiger partial charge is 0.229 e. The summed E-state index contributed by atoms with van der Waals surface area (Å²) in [6.45, 7) is 0.764. The normalized spacial score (nSPS) is 10.6. The van der Waals surface area contributed by atoms with E-state index < -0.39 is 0 Å². The minimum atomic E-state index is 0.560. The molecule has 0 fully saturated rings. The highest BCUT2D eigenvalue weighted by molar-refractivity contribution is 5.57. The Labute approximate surface area is 152 Å². The van der Waals surface area contributed by atoms with Gasteiger partial charge in [-0.15, -0.1) is 0 Å². The molecule has 2 aromatic carbocycles. The predicted molar refractivity (Wildman–Crippen MR) is 101 cm³/mol. The van der Waals surface area contributed by atoms with Crippen molar-refractivity contribution in [3.05, 3.63) is 108 Å². The average molecular weight is 342 g/mol. The van der Waals surface area contributed by atoms with Gasteiger partial charge in [0.1, 0.15) is 11.5 Å². The molecular weight excluding hydrogens is 324 g/mol. The zero-order valence-corrected chi connectivity index (χ0v) is 14.2. The van der Waals surface area contributed by atoms with Gasteiger partial charge in [0.2, 0.25) is 5.69 Å². The van der Waals surface area contributed by atoms with Crippen molar-refractivity contribution < 1.29 is 9.47 Å². The van der Waals surface area contributed by atoms with Gasteiger partial charge < -0.3 is 14.5 Å². The van der Waals surface area contributed by atoms with E-state index in [1.165, 1.54) is 11.8 Å². The van der Waals surface area contributed by atoms with Gasteiger partial charge in [-0.05, 0) is 23.8 Å². The van der Waals surface area contributed by atoms with E-state index in [1.54, 1.807) is 12.1 Å². The van der Waals surface area contributed by atoms with Gasteiger partial charge in [0.25, 0.3) is 0 Å². The van der Waals surface area contributed by atoms with E-state index in [0.29, 0.717) is 11.4 Å². The monoisotopic (exact) mass is 342 g/mol. The molecule has 4 nitrogen and oxygen atoms in total. The first-order valence-electron chi connectivity index (χ1n) is 8.44. The van der Waals surface area contributed by atoms with Gasteiger partial charge in [-0.3, -0.25) is 0 Å². The Morgan fingerprint density at radius 3 is 2.35 bits per heavy atom. The van der Waals surface area contributed by atoms with Crippen LogP contribution in [-0.2, 0) is 6.54 Å². The molecule has 0 radical (unpaired) electrons. The fraction of sp³-hybridized carbons (Fsp3) is 0.0455. The fourth-order valence-electron chi connectivity index (χ4n) is 2.85. The van der Waals surface area contributed by atoms with Crippen LogP contribution in [0.15, 0.2) is 97.5 Å². The van der Waals surface area contributed by atoms with E-state index in [0.717, 1.165) is 22.6 Å². The lowest BCUT2D eigenvalue weighted by Crippen LogP contribution is -2.28. The summed E-state index contributed by atoms with van der Waals surface area (Å²) in [7, 11) is 0. The summed E-state index contributed by atoms with van der Waals surface area (Å²) < 4.78 is 8.76. The number of ether oxygens (including phenoxy) is 1. The van der Waals surface area contributed by atoms with Crippen LogP contribution in [0.2, 0.25) is 0 Å². The maximum absolute atomic E-state index is 12.2. The van der Waals surface area contributed by atoms with E-state index >= 15 is 0 Å². The Hall–Kier alpha value is -3.53. The Morgan fingerprint density at radius 2 is 1.58 bits per heavy atom. The molecule has 0 spiro atoms. The summed E-state index contributed by atoms with van der Waals surface area (Å²) in [5.41, 5.74) is 2.63. The topological polar surface area (TPSA) is 41.1 Å². The molecule has 0 saturated heterocycles. The van der Waals surface area contributed by atoms with Crippen LogP contribution in [0.1, 0.15) is 5.56 Å². The highest BCUT2D eigenvalue weighted by Crippen LogP contribution is 2.25. The third kappa shape index (κ3) is 3.59. The number of para-hydroxylation sites is 1. The van der Waals surface area contributed by atoms with Crippen molar-refractivity contribution in [2.45, 2.75) is 6.54 Å². The van der Waals surface area contributed by atoms with Gasteiger partial charge in [0.15, 0.2) is 6.20 Å². The minimum Gasteiger partial charge on any atom is -0.618 e. The summed E-state index contributed by atoms with van der Waals surface area (Å²) >= 11 is 0. The second kappa shape index (κ2) is 7.15. The summed E-state index contributed by atoms with van der Waals surface area (Å²) in [6.07, 6.45) is 5.43. The number of aromatic nitrogens is 2. The van der Waals surface area contributed by atoms with Gasteiger partial charge in [-0.25, -0.2) is 0 Å². The summed E-state index contributed by atoms with van der Waals surface area (Å²) in [5, 5.41) is 12.2. The van der Waals surface area contributed by atoms with Crippen LogP contribution in [0.4, 0.5) is 0 Å². The maximum atomic E-state index is 12.2. The number of hydrogen-bond acceptors (Lipinski definition) is 2. The van der Waals surface area contributed by atoms with Gasteiger partial charge in [-0.1, -0.05) is 48.5 Å². The zero-order chi connectivity index (χ0) is 17.8. The second-order valence-electron chi connectivity index (χ2n) is 6.05. The van der Waals surface area contributed by atoms with E-state index in [1.807, 2.05) is 67.0 Å². The lowest BCUT2D eigenvalue weighted by molar-refractivity contribution is -0.593. The molecule has 0 amide bonds. The molecule has 0 unspecified atom stereocenters. The SMILES string of the molecule is [O-][n+]1ccc(Oc2ccccc2)cc1-c1ccn(Cc2ccccc2)c1. The molecule has 0 N–H and O–H groups in total. The van der Waals surface area contributed by atoms with Crippen molar-refractivity contribution in [1.82, 2.24) is 4.57 Å². The van der Waals surface area contributed by atoms with Crippen LogP contribution in [0.5, 0.6) is 11.5 Å². The fourth-order valence-corrected chi connectivity index (χ4v) is 2.85. The van der Waals surface area contributed by atoms with Crippen LogP contribution < -0.4 is 9.47 Å². The third-order valence-corrected chi connectivity index (χ3v) is 4.12. The predicted octanol–water partition coefficient (Wildman–Crippen LogP) is 4.63. The zero-order valence-electron chi connectivity index (χ0n) is 14.2. The summed E-state index contributed by atoms with van der Waals surface area (Å²) in [5.74, 6) is 1.37. The van der Waals surface area contributed by atoms with Crippen LogP contribution in [0, 0.1) is 5.21 Å². The molecule has 0 saturated carbocycles. The van der Waals surface area contributed by atoms with Crippen molar-refractivity contribution in [2.24, 2.45) is 0 Å². The number of pyridine rings is 1. The van der Waals surface area contributed by atoms with Crippen molar-refractivity contribution in [1.29, 1.82) is 0 Å². The molecule has 2 aromatic heterocycles. The first kappa shape index (κ1) is 16.0. The standard InChI is InChI=1S/C22H18N2O2/c25-24-14-12-21(26-20-9-5-2-6-10-20)15-22(24)19-11-13-23(17-19)16-18-7-3-1-4-8-18/h1-15,17H,16H2. The van der Waals surface area contributed by atoms with Crippen molar-refractivity contribution in [3.8, 4) is 22.8 Å². The highest BCUT2D eigenvalue weighted by Gasteiger charge is 2.13. The Bertz CT molecular complexity index is 995. The maximum Gasteiger partial charge on any atom is 0.229 e. The molecule has 0 aliphatic heterocycles. The van der Waals surface area contributed by atoms with Gasteiger partial charge in [-0.2, -0.15) is 4.73 Å². The van der Waals surface area contributed by atoms with E-state index in [2.05, 4.69) is 16.7 Å². The van der Waals surface area contributed by atoms with Crippen LogP contribution in [-0.4, -0.2) is 4.57 Å². The first-order valence-corrected chi connectivity index (χ1v) is 8.44. The Kier molecular flexibility index (Phi) is 4.39. The van der Waals surface area contributed by atoms with Crippen LogP contribution in [0.3, 0.4) is 0 Å². The number of rotatable bonds is 5. The largest absolute Gasteiger partial charge is 0.618 e. The van der Waals surface area contributed by atoms with Crippen molar-refractivity contribution >= 4 is 0 Å². The average Bonchev–Trinajstić information content (AvgIpc) is 3.13. The third-order valence-electron chi connectivity index (χ3n) is 4.12.